The van der Waals surface area contributed by atoms with Crippen LogP contribution >= 0.6 is 23.4 Å². The molecule has 1 heterocycles. The molecule has 3 rings (SSSR count). The van der Waals surface area contributed by atoms with Crippen LogP contribution in [-0.4, -0.2) is 41.3 Å². The van der Waals surface area contributed by atoms with E-state index in [2.05, 4.69) is 6.58 Å². The highest BCUT2D eigenvalue weighted by molar-refractivity contribution is 8.00. The summed E-state index contributed by atoms with van der Waals surface area (Å²) in [6, 6.07) is 13.4. The zero-order valence-electron chi connectivity index (χ0n) is 16.6. The number of hydrogen-bond acceptors (Lipinski definition) is 4. The normalized spacial score (nSPS) is 22.5. The van der Waals surface area contributed by atoms with E-state index in [1.165, 1.54) is 16.1 Å². The Morgan fingerprint density at radius 3 is 2.53 bits per heavy atom. The van der Waals surface area contributed by atoms with Crippen LogP contribution < -0.4 is 0 Å². The van der Waals surface area contributed by atoms with Crippen LogP contribution in [-0.2, 0) is 14.8 Å². The van der Waals surface area contributed by atoms with Crippen LogP contribution in [0.5, 0.6) is 0 Å². The Bertz CT molecular complexity index is 1020. The molecule has 2 unspecified atom stereocenters. The molecule has 2 aromatic rings. The summed E-state index contributed by atoms with van der Waals surface area (Å²) in [5.74, 6) is -1.19. The summed E-state index contributed by atoms with van der Waals surface area (Å²) in [7, 11) is -3.90. The van der Waals surface area contributed by atoms with E-state index in [9.17, 15) is 18.3 Å². The monoisotopic (exact) mass is 465 g/mol. The molecule has 0 bridgehead atoms. The molecule has 1 fully saturated rings. The Hall–Kier alpha value is -1.80. The fourth-order valence-corrected chi connectivity index (χ4v) is 6.92. The highest BCUT2D eigenvalue weighted by Gasteiger charge is 2.45. The van der Waals surface area contributed by atoms with Crippen LogP contribution in [0.25, 0.3) is 0 Å². The number of aryl methyl sites for hydroxylation is 1. The van der Waals surface area contributed by atoms with Crippen LogP contribution in [0.4, 0.5) is 0 Å². The van der Waals surface area contributed by atoms with Gasteiger partial charge in [0.1, 0.15) is 0 Å². The molecule has 0 amide bonds. The lowest BCUT2D eigenvalue weighted by atomic mass is 9.90. The van der Waals surface area contributed by atoms with Gasteiger partial charge in [-0.3, -0.25) is 4.79 Å². The first-order chi connectivity index (χ1) is 14.3. The van der Waals surface area contributed by atoms with Gasteiger partial charge < -0.3 is 5.11 Å². The number of carbonyl (C=O) groups is 1. The number of sulfonamides is 1. The Morgan fingerprint density at radius 1 is 1.27 bits per heavy atom. The molecule has 2 aromatic carbocycles. The van der Waals surface area contributed by atoms with Gasteiger partial charge in [-0.1, -0.05) is 48.0 Å². The predicted octanol–water partition coefficient (Wildman–Crippen LogP) is 4.77. The fraction of sp³-hybridized carbons (Fsp3) is 0.318. The molecule has 0 aromatic heterocycles. The summed E-state index contributed by atoms with van der Waals surface area (Å²) in [5.41, 5.74) is 1.42. The van der Waals surface area contributed by atoms with Crippen molar-refractivity contribution < 1.29 is 18.3 Å². The Morgan fingerprint density at radius 2 is 1.93 bits per heavy atom. The maximum atomic E-state index is 13.6. The van der Waals surface area contributed by atoms with Crippen LogP contribution in [0, 0.1) is 12.8 Å². The van der Waals surface area contributed by atoms with E-state index >= 15 is 0 Å². The third-order valence-electron chi connectivity index (χ3n) is 5.31. The van der Waals surface area contributed by atoms with Crippen molar-refractivity contribution in [1.29, 1.82) is 0 Å². The van der Waals surface area contributed by atoms with Gasteiger partial charge in [0.15, 0.2) is 0 Å². The SMILES string of the molecule is C=CCS[C@@H]1CC(c2ccc(Cl)cc2)N(S(=O)(=O)c2ccccc2C)CC1C(=O)O. The number of carboxylic acids is 1. The number of piperidine rings is 1. The summed E-state index contributed by atoms with van der Waals surface area (Å²) in [4.78, 5) is 12.2. The van der Waals surface area contributed by atoms with E-state index in [1.54, 1.807) is 49.4 Å². The van der Waals surface area contributed by atoms with E-state index < -0.39 is 28.0 Å². The molecule has 0 aliphatic carbocycles. The van der Waals surface area contributed by atoms with E-state index in [0.717, 1.165) is 5.56 Å². The second kappa shape index (κ2) is 9.56. The third kappa shape index (κ3) is 4.75. The number of thioether (sulfide) groups is 1. The quantitative estimate of drug-likeness (QED) is 0.596. The lowest BCUT2D eigenvalue weighted by Gasteiger charge is -2.42. The highest BCUT2D eigenvalue weighted by atomic mass is 35.5. The Balaban J connectivity index is 2.08. The first kappa shape index (κ1) is 22.9. The fourth-order valence-electron chi connectivity index (χ4n) is 3.78. The summed E-state index contributed by atoms with van der Waals surface area (Å²) >= 11 is 7.53. The number of hydrogen-bond donors (Lipinski definition) is 1. The van der Waals surface area contributed by atoms with Gasteiger partial charge in [-0.05, 0) is 42.7 Å². The molecule has 8 heteroatoms. The maximum absolute atomic E-state index is 13.6. The number of nitrogens with zero attached hydrogens (tertiary/aromatic N) is 1. The minimum atomic E-state index is -3.90. The predicted molar refractivity (Wildman–Crippen MR) is 121 cm³/mol. The molecule has 1 aliphatic rings. The Kier molecular flexibility index (Phi) is 7.29. The molecular formula is C22H24ClNO4S2. The lowest BCUT2D eigenvalue weighted by Crippen LogP contribution is -2.49. The van der Waals surface area contributed by atoms with Crippen LogP contribution in [0.2, 0.25) is 5.02 Å². The molecule has 160 valence electrons. The van der Waals surface area contributed by atoms with E-state index in [-0.39, 0.29) is 16.7 Å². The summed E-state index contributed by atoms with van der Waals surface area (Å²) < 4.78 is 28.6. The van der Waals surface area contributed by atoms with Gasteiger partial charge in [0.25, 0.3) is 0 Å². The minimum absolute atomic E-state index is 0.0892. The largest absolute Gasteiger partial charge is 0.481 e. The van der Waals surface area contributed by atoms with Crippen LogP contribution in [0.1, 0.15) is 23.6 Å². The topological polar surface area (TPSA) is 74.7 Å². The lowest BCUT2D eigenvalue weighted by molar-refractivity contribution is -0.143. The highest BCUT2D eigenvalue weighted by Crippen LogP contribution is 2.42. The minimum Gasteiger partial charge on any atom is -0.481 e. The van der Waals surface area contributed by atoms with Gasteiger partial charge in [-0.25, -0.2) is 8.42 Å². The van der Waals surface area contributed by atoms with Crippen molar-refractivity contribution in [1.82, 2.24) is 4.31 Å². The van der Waals surface area contributed by atoms with Crippen molar-refractivity contribution in [2.24, 2.45) is 5.92 Å². The molecule has 0 saturated carbocycles. The van der Waals surface area contributed by atoms with Crippen molar-refractivity contribution >= 4 is 39.4 Å². The number of aliphatic carboxylic acids is 1. The molecule has 3 atom stereocenters. The summed E-state index contributed by atoms with van der Waals surface area (Å²) in [5, 5.41) is 10.2. The molecule has 5 nitrogen and oxygen atoms in total. The molecule has 30 heavy (non-hydrogen) atoms. The number of rotatable bonds is 7. The van der Waals surface area contributed by atoms with Crippen molar-refractivity contribution in [2.75, 3.05) is 12.3 Å². The van der Waals surface area contributed by atoms with E-state index in [4.69, 9.17) is 11.6 Å². The molecular weight excluding hydrogens is 442 g/mol. The van der Waals surface area contributed by atoms with E-state index in [0.29, 0.717) is 22.8 Å². The average molecular weight is 466 g/mol. The van der Waals surface area contributed by atoms with Crippen LogP contribution in [0.15, 0.2) is 66.1 Å². The summed E-state index contributed by atoms with van der Waals surface area (Å²) in [6.07, 6.45) is 2.12. The second-order valence-corrected chi connectivity index (χ2v) is 10.8. The van der Waals surface area contributed by atoms with Gasteiger partial charge >= 0.3 is 5.97 Å². The third-order valence-corrected chi connectivity index (χ3v) is 8.97. The second-order valence-electron chi connectivity index (χ2n) is 7.25. The van der Waals surface area contributed by atoms with Crippen molar-refractivity contribution in [2.45, 2.75) is 29.5 Å². The molecule has 0 radical (unpaired) electrons. The number of carboxylic acid groups (broad SMARTS) is 1. The van der Waals surface area contributed by atoms with Crippen molar-refractivity contribution in [3.05, 3.63) is 77.3 Å². The van der Waals surface area contributed by atoms with Gasteiger partial charge in [0, 0.05) is 22.6 Å². The zero-order chi connectivity index (χ0) is 21.9. The smallest absolute Gasteiger partial charge is 0.308 e. The molecule has 1 N–H and O–H groups in total. The summed E-state index contributed by atoms with van der Waals surface area (Å²) in [6.45, 7) is 5.37. The first-order valence-electron chi connectivity index (χ1n) is 9.54. The Labute approximate surface area is 186 Å². The standard InChI is InChI=1S/C22H24ClNO4S2/c1-3-12-29-20-13-19(16-8-10-17(23)11-9-16)24(14-18(20)22(25)26)30(27,28)21-7-5-4-6-15(21)2/h3-11,18-20H,1,12-14H2,2H3,(H,25,26)/t18?,19?,20-/m1/s1. The van der Waals surface area contributed by atoms with Crippen molar-refractivity contribution in [3.8, 4) is 0 Å². The zero-order valence-corrected chi connectivity index (χ0v) is 19.0. The molecule has 1 saturated heterocycles. The van der Waals surface area contributed by atoms with Gasteiger partial charge in [-0.15, -0.1) is 6.58 Å². The molecule has 1 aliphatic heterocycles. The van der Waals surface area contributed by atoms with Crippen molar-refractivity contribution in [3.63, 3.8) is 0 Å². The maximum Gasteiger partial charge on any atom is 0.308 e. The molecule has 0 spiro atoms. The number of halogens is 1. The van der Waals surface area contributed by atoms with Crippen LogP contribution in [0.3, 0.4) is 0 Å². The van der Waals surface area contributed by atoms with Gasteiger partial charge in [-0.2, -0.15) is 16.1 Å². The average Bonchev–Trinajstić information content (AvgIpc) is 2.72. The first-order valence-corrected chi connectivity index (χ1v) is 12.4. The van der Waals surface area contributed by atoms with Gasteiger partial charge in [0.2, 0.25) is 10.0 Å². The van der Waals surface area contributed by atoms with Gasteiger partial charge in [0.05, 0.1) is 16.9 Å². The van der Waals surface area contributed by atoms with E-state index in [1.807, 2.05) is 12.1 Å². The number of benzene rings is 2.